The van der Waals surface area contributed by atoms with Gasteiger partial charge in [0.2, 0.25) is 0 Å². The lowest BCUT2D eigenvalue weighted by Gasteiger charge is -2.46. The van der Waals surface area contributed by atoms with E-state index in [-0.39, 0.29) is 0 Å². The molecule has 0 aromatic heterocycles. The zero-order valence-electron chi connectivity index (χ0n) is 14.0. The van der Waals surface area contributed by atoms with Gasteiger partial charge in [-0.3, -0.25) is 4.90 Å². The molecule has 0 spiro atoms. The number of nitrogens with zero attached hydrogens (tertiary/aromatic N) is 1. The topological polar surface area (TPSA) is 29.3 Å². The summed E-state index contributed by atoms with van der Waals surface area (Å²) in [5.74, 6) is 0. The molecule has 1 heterocycles. The molecule has 1 atom stereocenters. The van der Waals surface area contributed by atoms with Crippen LogP contribution in [0.4, 0.5) is 0 Å². The molecule has 2 aromatic carbocycles. The van der Waals surface area contributed by atoms with Gasteiger partial charge in [0.05, 0.1) is 0 Å². The Labute approximate surface area is 139 Å². The van der Waals surface area contributed by atoms with Crippen LogP contribution in [-0.2, 0) is 12.0 Å². The highest BCUT2D eigenvalue weighted by molar-refractivity contribution is 5.40. The van der Waals surface area contributed by atoms with Gasteiger partial charge < -0.3 is 5.73 Å². The largest absolute Gasteiger partial charge is 0.329 e. The number of hydrogen-bond acceptors (Lipinski definition) is 2. The van der Waals surface area contributed by atoms with Gasteiger partial charge in [0.1, 0.15) is 0 Å². The van der Waals surface area contributed by atoms with E-state index < -0.39 is 0 Å². The van der Waals surface area contributed by atoms with Crippen molar-refractivity contribution in [3.63, 3.8) is 0 Å². The van der Waals surface area contributed by atoms with Crippen LogP contribution in [0, 0.1) is 6.92 Å². The number of nitrogens with two attached hydrogens (primary N) is 1. The Morgan fingerprint density at radius 3 is 2.52 bits per heavy atom. The van der Waals surface area contributed by atoms with Crippen molar-refractivity contribution in [3.8, 4) is 0 Å². The molecule has 1 aliphatic carbocycles. The van der Waals surface area contributed by atoms with E-state index >= 15 is 0 Å². The smallest absolute Gasteiger partial charge is 0.0477 e. The Balaban J connectivity index is 1.63. The molecule has 2 aromatic rings. The van der Waals surface area contributed by atoms with Crippen molar-refractivity contribution in [2.45, 2.75) is 44.2 Å². The minimum absolute atomic E-state index is 0.338. The van der Waals surface area contributed by atoms with Crippen molar-refractivity contribution in [2.75, 3.05) is 13.1 Å². The standard InChI is InChI=1S/C21H26N2/c1-16-7-5-10-18-19(16)14-23(20(18)13-22)15-21(11-6-12-21)17-8-3-2-4-9-17/h2-5,7-10,20H,6,11-15,22H2,1H3. The van der Waals surface area contributed by atoms with E-state index in [2.05, 4.69) is 60.4 Å². The van der Waals surface area contributed by atoms with E-state index in [1.807, 2.05) is 0 Å². The average molecular weight is 306 g/mol. The number of hydrogen-bond donors (Lipinski definition) is 1. The summed E-state index contributed by atoms with van der Waals surface area (Å²) in [7, 11) is 0. The van der Waals surface area contributed by atoms with Gasteiger partial charge in [-0.05, 0) is 42.0 Å². The minimum atomic E-state index is 0.338. The second kappa shape index (κ2) is 5.77. The second-order valence-electron chi connectivity index (χ2n) is 7.30. The van der Waals surface area contributed by atoms with Crippen LogP contribution in [0.5, 0.6) is 0 Å². The number of aryl methyl sites for hydroxylation is 1. The fraction of sp³-hybridized carbons (Fsp3) is 0.429. The van der Waals surface area contributed by atoms with Crippen LogP contribution in [0.15, 0.2) is 48.5 Å². The molecular weight excluding hydrogens is 280 g/mol. The van der Waals surface area contributed by atoms with Crippen molar-refractivity contribution in [1.82, 2.24) is 4.90 Å². The molecule has 2 heteroatoms. The number of fused-ring (bicyclic) bond motifs is 1. The maximum absolute atomic E-state index is 6.16. The van der Waals surface area contributed by atoms with Crippen molar-refractivity contribution >= 4 is 0 Å². The molecule has 4 rings (SSSR count). The van der Waals surface area contributed by atoms with E-state index in [9.17, 15) is 0 Å². The molecule has 1 saturated carbocycles. The van der Waals surface area contributed by atoms with Gasteiger partial charge in [-0.2, -0.15) is 0 Å². The number of benzene rings is 2. The molecule has 0 radical (unpaired) electrons. The summed E-state index contributed by atoms with van der Waals surface area (Å²) in [6.45, 7) is 5.12. The predicted octanol–water partition coefficient (Wildman–Crippen LogP) is 3.93. The maximum Gasteiger partial charge on any atom is 0.0477 e. The Kier molecular flexibility index (Phi) is 3.74. The van der Waals surface area contributed by atoms with Crippen LogP contribution >= 0.6 is 0 Å². The average Bonchev–Trinajstić information content (AvgIpc) is 2.90. The Morgan fingerprint density at radius 2 is 1.87 bits per heavy atom. The molecule has 1 fully saturated rings. The Bertz CT molecular complexity index is 688. The van der Waals surface area contributed by atoms with Crippen molar-refractivity contribution in [3.05, 3.63) is 70.8 Å². The highest BCUT2D eigenvalue weighted by Gasteiger charge is 2.43. The summed E-state index contributed by atoms with van der Waals surface area (Å²) < 4.78 is 0. The summed E-state index contributed by atoms with van der Waals surface area (Å²) in [6.07, 6.45) is 3.96. The number of rotatable bonds is 4. The quantitative estimate of drug-likeness (QED) is 0.927. The zero-order chi connectivity index (χ0) is 15.9. The van der Waals surface area contributed by atoms with Crippen LogP contribution in [0.25, 0.3) is 0 Å². The first-order valence-corrected chi connectivity index (χ1v) is 8.81. The fourth-order valence-corrected chi connectivity index (χ4v) is 4.53. The first-order chi connectivity index (χ1) is 11.2. The summed E-state index contributed by atoms with van der Waals surface area (Å²) >= 11 is 0. The van der Waals surface area contributed by atoms with Crippen molar-refractivity contribution in [2.24, 2.45) is 5.73 Å². The van der Waals surface area contributed by atoms with Crippen LogP contribution in [0.2, 0.25) is 0 Å². The monoisotopic (exact) mass is 306 g/mol. The first-order valence-electron chi connectivity index (χ1n) is 8.81. The van der Waals surface area contributed by atoms with Crippen molar-refractivity contribution < 1.29 is 0 Å². The Hall–Kier alpha value is -1.64. The third kappa shape index (κ3) is 2.41. The molecule has 0 bridgehead atoms. The minimum Gasteiger partial charge on any atom is -0.329 e. The lowest BCUT2D eigenvalue weighted by atomic mass is 9.64. The lowest BCUT2D eigenvalue weighted by Crippen LogP contribution is -2.46. The second-order valence-corrected chi connectivity index (χ2v) is 7.30. The third-order valence-corrected chi connectivity index (χ3v) is 6.03. The predicted molar refractivity (Wildman–Crippen MR) is 95.4 cm³/mol. The fourth-order valence-electron chi connectivity index (χ4n) is 4.53. The summed E-state index contributed by atoms with van der Waals surface area (Å²) in [4.78, 5) is 2.63. The molecule has 120 valence electrons. The highest BCUT2D eigenvalue weighted by Crippen LogP contribution is 2.47. The van der Waals surface area contributed by atoms with Crippen LogP contribution in [0.3, 0.4) is 0 Å². The molecule has 1 aliphatic heterocycles. The Morgan fingerprint density at radius 1 is 1.09 bits per heavy atom. The van der Waals surface area contributed by atoms with Crippen molar-refractivity contribution in [1.29, 1.82) is 0 Å². The highest BCUT2D eigenvalue weighted by atomic mass is 15.2. The molecule has 2 aliphatic rings. The van der Waals surface area contributed by atoms with Gasteiger partial charge in [-0.25, -0.2) is 0 Å². The van der Waals surface area contributed by atoms with Gasteiger partial charge in [-0.15, -0.1) is 0 Å². The van der Waals surface area contributed by atoms with E-state index in [1.165, 1.54) is 41.5 Å². The summed E-state index contributed by atoms with van der Waals surface area (Å²) in [5.41, 5.74) is 12.4. The SMILES string of the molecule is Cc1cccc2c1CN(CC1(c3ccccc3)CCC1)C2CN. The van der Waals surface area contributed by atoms with Crippen LogP contribution in [-0.4, -0.2) is 18.0 Å². The van der Waals surface area contributed by atoms with Gasteiger partial charge >= 0.3 is 0 Å². The molecular formula is C21H26N2. The van der Waals surface area contributed by atoms with Gasteiger partial charge in [0, 0.05) is 31.1 Å². The molecule has 23 heavy (non-hydrogen) atoms. The lowest BCUT2D eigenvalue weighted by molar-refractivity contribution is 0.113. The van der Waals surface area contributed by atoms with Crippen LogP contribution in [0.1, 0.15) is 47.6 Å². The first kappa shape index (κ1) is 14.9. The third-order valence-electron chi connectivity index (χ3n) is 6.03. The molecule has 0 saturated heterocycles. The van der Waals surface area contributed by atoms with Gasteiger partial charge in [-0.1, -0.05) is 55.0 Å². The van der Waals surface area contributed by atoms with Gasteiger partial charge in [0.15, 0.2) is 0 Å². The van der Waals surface area contributed by atoms with E-state index in [0.717, 1.165) is 13.1 Å². The maximum atomic E-state index is 6.16. The normalized spacial score (nSPS) is 22.6. The van der Waals surface area contributed by atoms with Gasteiger partial charge in [0.25, 0.3) is 0 Å². The molecule has 2 nitrogen and oxygen atoms in total. The summed E-state index contributed by atoms with van der Waals surface area (Å²) in [5, 5.41) is 0. The molecule has 0 amide bonds. The van der Waals surface area contributed by atoms with E-state index in [0.29, 0.717) is 18.0 Å². The van der Waals surface area contributed by atoms with E-state index in [4.69, 9.17) is 5.73 Å². The zero-order valence-corrected chi connectivity index (χ0v) is 14.0. The summed E-state index contributed by atoms with van der Waals surface area (Å²) in [6, 6.07) is 18.2. The van der Waals surface area contributed by atoms with E-state index in [1.54, 1.807) is 0 Å². The molecule has 2 N–H and O–H groups in total. The van der Waals surface area contributed by atoms with Crippen LogP contribution < -0.4 is 5.73 Å². The molecule has 1 unspecified atom stereocenters.